The first kappa shape index (κ1) is 14.7. The minimum absolute atomic E-state index is 0.176. The molecule has 20 heavy (non-hydrogen) atoms. The van der Waals surface area contributed by atoms with Crippen LogP contribution in [0.25, 0.3) is 0 Å². The van der Waals surface area contributed by atoms with E-state index in [0.717, 1.165) is 0 Å². The van der Waals surface area contributed by atoms with Crippen molar-refractivity contribution in [3.8, 4) is 5.75 Å². The van der Waals surface area contributed by atoms with Crippen molar-refractivity contribution in [2.45, 2.75) is 18.4 Å². The fourth-order valence-corrected chi connectivity index (χ4v) is 2.03. The van der Waals surface area contributed by atoms with Crippen LogP contribution in [0.3, 0.4) is 0 Å². The highest BCUT2D eigenvalue weighted by molar-refractivity contribution is 5.86. The van der Waals surface area contributed by atoms with Gasteiger partial charge in [0.15, 0.2) is 11.6 Å². The Morgan fingerprint density at radius 2 is 2.10 bits per heavy atom. The number of para-hydroxylation sites is 1. The Kier molecular flexibility index (Phi) is 4.92. The third-order valence-electron chi connectivity index (χ3n) is 3.32. The lowest BCUT2D eigenvalue weighted by atomic mass is 9.90. The van der Waals surface area contributed by atoms with Gasteiger partial charge in [0.05, 0.1) is 12.1 Å². The second-order valence-electron chi connectivity index (χ2n) is 4.80. The minimum Gasteiger partial charge on any atom is -0.489 e. The van der Waals surface area contributed by atoms with Crippen molar-refractivity contribution in [2.75, 3.05) is 26.4 Å². The van der Waals surface area contributed by atoms with Crippen LogP contribution in [0.4, 0.5) is 4.39 Å². The van der Waals surface area contributed by atoms with E-state index in [0.29, 0.717) is 26.1 Å². The largest absolute Gasteiger partial charge is 0.489 e. The number of amides is 1. The fourth-order valence-electron chi connectivity index (χ4n) is 2.03. The number of benzene rings is 1. The lowest BCUT2D eigenvalue weighted by Gasteiger charge is -2.31. The summed E-state index contributed by atoms with van der Waals surface area (Å²) < 4.78 is 23.7. The van der Waals surface area contributed by atoms with E-state index in [2.05, 4.69) is 5.32 Å². The molecule has 1 aliphatic heterocycles. The molecule has 1 aromatic carbocycles. The minimum atomic E-state index is -0.865. The molecule has 1 aliphatic rings. The van der Waals surface area contributed by atoms with Crippen molar-refractivity contribution in [3.05, 3.63) is 30.1 Å². The number of hydrogen-bond acceptors (Lipinski definition) is 4. The smallest absolute Gasteiger partial charge is 0.240 e. The zero-order valence-corrected chi connectivity index (χ0v) is 11.2. The van der Waals surface area contributed by atoms with Gasteiger partial charge in [-0.05, 0) is 25.0 Å². The molecule has 0 aromatic heterocycles. The van der Waals surface area contributed by atoms with Crippen molar-refractivity contribution < 1.29 is 18.7 Å². The molecule has 6 heteroatoms. The summed E-state index contributed by atoms with van der Waals surface area (Å²) in [4.78, 5) is 12.0. The number of ether oxygens (including phenoxy) is 2. The van der Waals surface area contributed by atoms with E-state index in [1.54, 1.807) is 18.2 Å². The highest BCUT2D eigenvalue weighted by Gasteiger charge is 2.35. The van der Waals surface area contributed by atoms with Gasteiger partial charge in [-0.2, -0.15) is 0 Å². The maximum absolute atomic E-state index is 13.3. The number of rotatable bonds is 5. The average Bonchev–Trinajstić information content (AvgIpc) is 2.46. The molecule has 5 nitrogen and oxygen atoms in total. The second kappa shape index (κ2) is 6.67. The van der Waals surface area contributed by atoms with Crippen LogP contribution in [0, 0.1) is 5.82 Å². The Labute approximate surface area is 117 Å². The second-order valence-corrected chi connectivity index (χ2v) is 4.80. The molecule has 1 aromatic rings. The fraction of sp³-hybridized carbons (Fsp3) is 0.500. The maximum Gasteiger partial charge on any atom is 0.240 e. The van der Waals surface area contributed by atoms with Crippen LogP contribution in [0.15, 0.2) is 24.3 Å². The molecule has 1 fully saturated rings. The first-order valence-corrected chi connectivity index (χ1v) is 6.64. The third kappa shape index (κ3) is 3.68. The zero-order valence-electron chi connectivity index (χ0n) is 11.2. The molecule has 2 rings (SSSR count). The topological polar surface area (TPSA) is 73.6 Å². The number of carbonyl (C=O) groups is 1. The Balaban J connectivity index is 1.73. The van der Waals surface area contributed by atoms with Gasteiger partial charge in [-0.3, -0.25) is 4.79 Å². The molecule has 0 saturated carbocycles. The summed E-state index contributed by atoms with van der Waals surface area (Å²) >= 11 is 0. The van der Waals surface area contributed by atoms with Crippen LogP contribution in [0.1, 0.15) is 12.8 Å². The van der Waals surface area contributed by atoms with Crippen LogP contribution < -0.4 is 15.8 Å². The molecule has 0 radical (unpaired) electrons. The van der Waals surface area contributed by atoms with Gasteiger partial charge in [-0.15, -0.1) is 0 Å². The van der Waals surface area contributed by atoms with E-state index in [1.165, 1.54) is 6.07 Å². The molecule has 1 heterocycles. The van der Waals surface area contributed by atoms with Gasteiger partial charge in [-0.1, -0.05) is 12.1 Å². The summed E-state index contributed by atoms with van der Waals surface area (Å²) in [6, 6.07) is 6.14. The van der Waals surface area contributed by atoms with Crippen LogP contribution in [0.5, 0.6) is 5.75 Å². The Morgan fingerprint density at radius 1 is 1.40 bits per heavy atom. The van der Waals surface area contributed by atoms with E-state index in [9.17, 15) is 9.18 Å². The number of carbonyl (C=O) groups excluding carboxylic acids is 1. The van der Waals surface area contributed by atoms with E-state index in [-0.39, 0.29) is 24.8 Å². The van der Waals surface area contributed by atoms with Gasteiger partial charge in [0.1, 0.15) is 6.61 Å². The molecule has 0 unspecified atom stereocenters. The maximum atomic E-state index is 13.3. The van der Waals surface area contributed by atoms with Crippen LogP contribution in [-0.4, -0.2) is 37.8 Å². The summed E-state index contributed by atoms with van der Waals surface area (Å²) in [6.07, 6.45) is 1.01. The van der Waals surface area contributed by atoms with Crippen LogP contribution in [0.2, 0.25) is 0 Å². The lowest BCUT2D eigenvalue weighted by molar-refractivity contribution is -0.129. The van der Waals surface area contributed by atoms with Crippen molar-refractivity contribution >= 4 is 5.91 Å². The van der Waals surface area contributed by atoms with Gasteiger partial charge in [0.2, 0.25) is 5.91 Å². The van der Waals surface area contributed by atoms with Gasteiger partial charge in [-0.25, -0.2) is 4.39 Å². The number of nitrogens with two attached hydrogens (primary N) is 1. The first-order valence-electron chi connectivity index (χ1n) is 6.64. The standard InChI is InChI=1S/C14H19FN2O3/c15-11-3-1-2-4-12(11)20-10-7-17-13(18)14(16)5-8-19-9-6-14/h1-4H,5-10,16H2,(H,17,18). The molecule has 0 spiro atoms. The Hall–Kier alpha value is -1.66. The predicted molar refractivity (Wildman–Crippen MR) is 71.9 cm³/mol. The predicted octanol–water partition coefficient (Wildman–Crippen LogP) is 0.829. The molecule has 1 saturated heterocycles. The summed E-state index contributed by atoms with van der Waals surface area (Å²) in [5.74, 6) is -0.452. The third-order valence-corrected chi connectivity index (χ3v) is 3.32. The number of nitrogens with one attached hydrogen (secondary N) is 1. The quantitative estimate of drug-likeness (QED) is 0.785. The lowest BCUT2D eigenvalue weighted by Crippen LogP contribution is -2.57. The van der Waals surface area contributed by atoms with E-state index in [4.69, 9.17) is 15.2 Å². The van der Waals surface area contributed by atoms with Crippen molar-refractivity contribution in [2.24, 2.45) is 5.73 Å². The van der Waals surface area contributed by atoms with Crippen molar-refractivity contribution in [3.63, 3.8) is 0 Å². The molecule has 0 aliphatic carbocycles. The Morgan fingerprint density at radius 3 is 2.80 bits per heavy atom. The van der Waals surface area contributed by atoms with Gasteiger partial charge in [0.25, 0.3) is 0 Å². The molecular formula is C14H19FN2O3. The highest BCUT2D eigenvalue weighted by atomic mass is 19.1. The summed E-state index contributed by atoms with van der Waals surface area (Å²) in [5.41, 5.74) is 5.16. The van der Waals surface area contributed by atoms with E-state index in [1.807, 2.05) is 0 Å². The normalized spacial score (nSPS) is 17.5. The molecule has 110 valence electrons. The molecule has 0 bridgehead atoms. The summed E-state index contributed by atoms with van der Waals surface area (Å²) in [6.45, 7) is 1.47. The van der Waals surface area contributed by atoms with Crippen molar-refractivity contribution in [1.82, 2.24) is 5.32 Å². The molecule has 1 amide bonds. The van der Waals surface area contributed by atoms with Gasteiger partial charge < -0.3 is 20.5 Å². The average molecular weight is 282 g/mol. The van der Waals surface area contributed by atoms with Crippen molar-refractivity contribution in [1.29, 1.82) is 0 Å². The highest BCUT2D eigenvalue weighted by Crippen LogP contribution is 2.18. The summed E-state index contributed by atoms with van der Waals surface area (Å²) in [5, 5.41) is 2.72. The molecular weight excluding hydrogens is 263 g/mol. The molecule has 3 N–H and O–H groups in total. The van der Waals surface area contributed by atoms with E-state index >= 15 is 0 Å². The molecule has 0 atom stereocenters. The van der Waals surface area contributed by atoms with Crippen LogP contribution in [-0.2, 0) is 9.53 Å². The Bertz CT molecular complexity index is 461. The SMILES string of the molecule is NC1(C(=O)NCCOc2ccccc2F)CCOCC1. The van der Waals surface area contributed by atoms with Gasteiger partial charge >= 0.3 is 0 Å². The van der Waals surface area contributed by atoms with Crippen LogP contribution >= 0.6 is 0 Å². The monoisotopic (exact) mass is 282 g/mol. The first-order chi connectivity index (χ1) is 9.62. The number of halogens is 1. The zero-order chi connectivity index (χ0) is 14.4. The van der Waals surface area contributed by atoms with E-state index < -0.39 is 11.4 Å². The summed E-state index contributed by atoms with van der Waals surface area (Å²) in [7, 11) is 0. The van der Waals surface area contributed by atoms with Gasteiger partial charge in [0, 0.05) is 13.2 Å². The number of hydrogen-bond donors (Lipinski definition) is 2.